The molecule has 1 amide bonds. The van der Waals surface area contributed by atoms with Crippen molar-refractivity contribution < 1.29 is 9.53 Å². The minimum absolute atomic E-state index is 0.0517. The Morgan fingerprint density at radius 3 is 2.61 bits per heavy atom. The molecule has 0 heterocycles. The van der Waals surface area contributed by atoms with Crippen LogP contribution in [0, 0.1) is 0 Å². The topological polar surface area (TPSA) is 50.4 Å². The van der Waals surface area contributed by atoms with Gasteiger partial charge in [-0.3, -0.25) is 4.79 Å². The summed E-state index contributed by atoms with van der Waals surface area (Å²) in [5.74, 6) is 0.0517. The molecule has 0 saturated carbocycles. The van der Waals surface area contributed by atoms with Crippen molar-refractivity contribution in [1.29, 1.82) is 0 Å². The van der Waals surface area contributed by atoms with Crippen molar-refractivity contribution in [2.24, 2.45) is 0 Å². The molecular weight excluding hydrogens is 228 g/mol. The molecule has 4 heteroatoms. The van der Waals surface area contributed by atoms with Gasteiger partial charge in [0.05, 0.1) is 19.3 Å². The fourth-order valence-electron chi connectivity index (χ4n) is 1.56. The van der Waals surface area contributed by atoms with Crippen molar-refractivity contribution in [3.63, 3.8) is 0 Å². The number of carbonyl (C=O) groups is 1. The van der Waals surface area contributed by atoms with E-state index in [-0.39, 0.29) is 18.0 Å². The Hall–Kier alpha value is -0.870. The SMILES string of the molecule is C=C(C)COCCNC(C)C(=O)NC(C)CCC. The van der Waals surface area contributed by atoms with E-state index in [2.05, 4.69) is 24.1 Å². The highest BCUT2D eigenvalue weighted by Crippen LogP contribution is 1.95. The van der Waals surface area contributed by atoms with E-state index in [1.54, 1.807) is 0 Å². The highest BCUT2D eigenvalue weighted by Gasteiger charge is 2.13. The van der Waals surface area contributed by atoms with Gasteiger partial charge < -0.3 is 15.4 Å². The summed E-state index contributed by atoms with van der Waals surface area (Å²) in [5, 5.41) is 6.12. The van der Waals surface area contributed by atoms with E-state index in [0.29, 0.717) is 19.8 Å². The summed E-state index contributed by atoms with van der Waals surface area (Å²) in [6.45, 7) is 13.5. The highest BCUT2D eigenvalue weighted by molar-refractivity contribution is 5.81. The number of rotatable bonds is 10. The van der Waals surface area contributed by atoms with Gasteiger partial charge in [-0.2, -0.15) is 0 Å². The molecule has 0 aliphatic heterocycles. The van der Waals surface area contributed by atoms with Gasteiger partial charge in [0.2, 0.25) is 5.91 Å². The van der Waals surface area contributed by atoms with E-state index in [9.17, 15) is 4.79 Å². The molecular formula is C14H28N2O2. The van der Waals surface area contributed by atoms with Gasteiger partial charge in [-0.05, 0) is 27.2 Å². The Balaban J connectivity index is 3.64. The Kier molecular flexibility index (Phi) is 9.60. The van der Waals surface area contributed by atoms with Crippen molar-refractivity contribution in [2.45, 2.75) is 52.6 Å². The van der Waals surface area contributed by atoms with E-state index >= 15 is 0 Å². The third-order valence-corrected chi connectivity index (χ3v) is 2.55. The minimum atomic E-state index is -0.183. The lowest BCUT2D eigenvalue weighted by atomic mass is 10.2. The van der Waals surface area contributed by atoms with Gasteiger partial charge in [-0.25, -0.2) is 0 Å². The first-order chi connectivity index (χ1) is 8.47. The van der Waals surface area contributed by atoms with Crippen LogP contribution in [0.15, 0.2) is 12.2 Å². The molecule has 0 aliphatic carbocycles. The molecule has 0 bridgehead atoms. The summed E-state index contributed by atoms with van der Waals surface area (Å²) < 4.78 is 5.35. The second-order valence-electron chi connectivity index (χ2n) is 4.88. The summed E-state index contributed by atoms with van der Waals surface area (Å²) in [5.41, 5.74) is 1.01. The standard InChI is InChI=1S/C14H28N2O2/c1-6-7-12(4)16-14(17)13(5)15-8-9-18-10-11(2)3/h12-13,15H,2,6-10H2,1,3-5H3,(H,16,17). The van der Waals surface area contributed by atoms with Gasteiger partial charge in [-0.15, -0.1) is 0 Å². The van der Waals surface area contributed by atoms with Crippen LogP contribution in [-0.4, -0.2) is 37.7 Å². The first-order valence-corrected chi connectivity index (χ1v) is 6.73. The molecule has 0 aromatic carbocycles. The second-order valence-corrected chi connectivity index (χ2v) is 4.88. The molecule has 106 valence electrons. The largest absolute Gasteiger partial charge is 0.376 e. The smallest absolute Gasteiger partial charge is 0.237 e. The maximum absolute atomic E-state index is 11.8. The maximum Gasteiger partial charge on any atom is 0.237 e. The van der Waals surface area contributed by atoms with Crippen LogP contribution < -0.4 is 10.6 Å². The normalized spacial score (nSPS) is 14.0. The molecule has 0 radical (unpaired) electrons. The van der Waals surface area contributed by atoms with Crippen LogP contribution in [0.1, 0.15) is 40.5 Å². The Bertz CT molecular complexity index is 254. The third-order valence-electron chi connectivity index (χ3n) is 2.55. The summed E-state index contributed by atoms with van der Waals surface area (Å²) in [6, 6.07) is 0.0594. The third kappa shape index (κ3) is 9.19. The first kappa shape index (κ1) is 17.1. The van der Waals surface area contributed by atoms with Gasteiger partial charge in [0.15, 0.2) is 0 Å². The summed E-state index contributed by atoms with van der Waals surface area (Å²) in [6.07, 6.45) is 2.10. The summed E-state index contributed by atoms with van der Waals surface area (Å²) >= 11 is 0. The molecule has 0 fully saturated rings. The first-order valence-electron chi connectivity index (χ1n) is 6.73. The van der Waals surface area contributed by atoms with Crippen molar-refractivity contribution >= 4 is 5.91 Å². The molecule has 4 nitrogen and oxygen atoms in total. The summed E-state index contributed by atoms with van der Waals surface area (Å²) in [7, 11) is 0. The van der Waals surface area contributed by atoms with Gasteiger partial charge in [0.25, 0.3) is 0 Å². The maximum atomic E-state index is 11.8. The van der Waals surface area contributed by atoms with Gasteiger partial charge in [-0.1, -0.05) is 25.5 Å². The fourth-order valence-corrected chi connectivity index (χ4v) is 1.56. The van der Waals surface area contributed by atoms with Crippen LogP contribution in [-0.2, 0) is 9.53 Å². The molecule has 2 N–H and O–H groups in total. The highest BCUT2D eigenvalue weighted by atomic mass is 16.5. The number of ether oxygens (including phenoxy) is 1. The van der Waals surface area contributed by atoms with Crippen LogP contribution >= 0.6 is 0 Å². The van der Waals surface area contributed by atoms with Crippen LogP contribution in [0.2, 0.25) is 0 Å². The van der Waals surface area contributed by atoms with Crippen molar-refractivity contribution in [1.82, 2.24) is 10.6 Å². The Morgan fingerprint density at radius 1 is 1.39 bits per heavy atom. The molecule has 0 spiro atoms. The number of hydrogen-bond donors (Lipinski definition) is 2. The average Bonchev–Trinajstić information content (AvgIpc) is 2.28. The minimum Gasteiger partial charge on any atom is -0.376 e. The van der Waals surface area contributed by atoms with E-state index in [0.717, 1.165) is 18.4 Å². The molecule has 2 unspecified atom stereocenters. The van der Waals surface area contributed by atoms with E-state index in [1.807, 2.05) is 20.8 Å². The monoisotopic (exact) mass is 256 g/mol. The van der Waals surface area contributed by atoms with Gasteiger partial charge in [0, 0.05) is 12.6 Å². The number of hydrogen-bond acceptors (Lipinski definition) is 3. The lowest BCUT2D eigenvalue weighted by molar-refractivity contribution is -0.123. The lowest BCUT2D eigenvalue weighted by Crippen LogP contribution is -2.46. The quantitative estimate of drug-likeness (QED) is 0.463. The van der Waals surface area contributed by atoms with Crippen LogP contribution in [0.25, 0.3) is 0 Å². The predicted octanol–water partition coefficient (Wildman–Crippen LogP) is 1.86. The molecule has 2 atom stereocenters. The number of amides is 1. The zero-order valence-electron chi connectivity index (χ0n) is 12.2. The number of carbonyl (C=O) groups excluding carboxylic acids is 1. The Morgan fingerprint density at radius 2 is 2.06 bits per heavy atom. The zero-order valence-corrected chi connectivity index (χ0v) is 12.2. The molecule has 0 aromatic heterocycles. The zero-order chi connectivity index (χ0) is 14.0. The van der Waals surface area contributed by atoms with Crippen LogP contribution in [0.4, 0.5) is 0 Å². The van der Waals surface area contributed by atoms with Gasteiger partial charge in [0.1, 0.15) is 0 Å². The second kappa shape index (κ2) is 10.1. The van der Waals surface area contributed by atoms with Crippen molar-refractivity contribution in [3.8, 4) is 0 Å². The fraction of sp³-hybridized carbons (Fsp3) is 0.786. The lowest BCUT2D eigenvalue weighted by Gasteiger charge is -2.18. The van der Waals surface area contributed by atoms with Crippen molar-refractivity contribution in [3.05, 3.63) is 12.2 Å². The molecule has 0 aliphatic rings. The predicted molar refractivity (Wildman–Crippen MR) is 75.6 cm³/mol. The van der Waals surface area contributed by atoms with E-state index in [4.69, 9.17) is 4.74 Å². The molecule has 0 rings (SSSR count). The Labute approximate surface area is 111 Å². The molecule has 0 saturated heterocycles. The average molecular weight is 256 g/mol. The number of nitrogens with one attached hydrogen (secondary N) is 2. The van der Waals surface area contributed by atoms with Crippen molar-refractivity contribution in [2.75, 3.05) is 19.8 Å². The van der Waals surface area contributed by atoms with Crippen LogP contribution in [0.5, 0.6) is 0 Å². The van der Waals surface area contributed by atoms with Gasteiger partial charge >= 0.3 is 0 Å². The van der Waals surface area contributed by atoms with E-state index in [1.165, 1.54) is 0 Å². The van der Waals surface area contributed by atoms with Crippen LogP contribution in [0.3, 0.4) is 0 Å². The molecule has 0 aromatic rings. The van der Waals surface area contributed by atoms with E-state index < -0.39 is 0 Å². The molecule has 18 heavy (non-hydrogen) atoms. The summed E-state index contributed by atoms with van der Waals surface area (Å²) in [4.78, 5) is 11.8.